The molecule has 0 N–H and O–H groups in total. The van der Waals surface area contributed by atoms with Gasteiger partial charge in [-0.3, -0.25) is 4.90 Å². The fraction of sp³-hybridized carbons (Fsp3) is 0.421. The molecule has 2 aromatic heterocycles. The van der Waals surface area contributed by atoms with Crippen LogP contribution in [0.1, 0.15) is 35.7 Å². The fourth-order valence-electron chi connectivity index (χ4n) is 3.67. The molecule has 0 radical (unpaired) electrons. The van der Waals surface area contributed by atoms with Crippen LogP contribution in [0.5, 0.6) is 0 Å². The van der Waals surface area contributed by atoms with E-state index in [9.17, 15) is 13.2 Å². The molecular formula is C19H20F3N5S. The maximum atomic E-state index is 13.4. The zero-order valence-corrected chi connectivity index (χ0v) is 16.2. The van der Waals surface area contributed by atoms with Gasteiger partial charge in [-0.25, -0.2) is 4.98 Å². The van der Waals surface area contributed by atoms with Crippen LogP contribution in [0.25, 0.3) is 5.78 Å². The van der Waals surface area contributed by atoms with Crippen LogP contribution in [0.4, 0.5) is 13.2 Å². The first-order valence-corrected chi connectivity index (χ1v) is 10.3. The van der Waals surface area contributed by atoms with Crippen molar-refractivity contribution in [3.05, 3.63) is 53.6 Å². The molecule has 9 heteroatoms. The van der Waals surface area contributed by atoms with Gasteiger partial charge < -0.3 is 0 Å². The number of fused-ring (bicyclic) bond motifs is 1. The lowest BCUT2D eigenvalue weighted by molar-refractivity contribution is -0.142. The van der Waals surface area contributed by atoms with E-state index in [-0.39, 0.29) is 11.7 Å². The Bertz CT molecular complexity index is 954. The van der Waals surface area contributed by atoms with Crippen molar-refractivity contribution in [1.82, 2.24) is 24.5 Å². The minimum Gasteiger partial charge on any atom is -0.298 e. The van der Waals surface area contributed by atoms with Crippen molar-refractivity contribution in [2.75, 3.05) is 19.3 Å². The highest BCUT2D eigenvalue weighted by Gasteiger charge is 2.36. The number of hydrogen-bond acceptors (Lipinski definition) is 5. The van der Waals surface area contributed by atoms with Gasteiger partial charge in [0.25, 0.3) is 5.78 Å². The largest absolute Gasteiger partial charge is 0.433 e. The summed E-state index contributed by atoms with van der Waals surface area (Å²) in [6, 6.07) is 9.54. The Morgan fingerprint density at radius 2 is 2.00 bits per heavy atom. The maximum Gasteiger partial charge on any atom is 0.433 e. The van der Waals surface area contributed by atoms with Gasteiger partial charge in [-0.15, -0.1) is 11.8 Å². The molecule has 1 aliphatic heterocycles. The molecule has 1 saturated heterocycles. The first-order valence-electron chi connectivity index (χ1n) is 9.07. The summed E-state index contributed by atoms with van der Waals surface area (Å²) in [5.74, 6) is -0.0587. The molecule has 0 spiro atoms. The molecule has 0 amide bonds. The highest BCUT2D eigenvalue weighted by molar-refractivity contribution is 7.98. The second-order valence-electron chi connectivity index (χ2n) is 6.96. The van der Waals surface area contributed by atoms with Crippen LogP contribution in [0, 0.1) is 0 Å². The first kappa shape index (κ1) is 19.2. The lowest BCUT2D eigenvalue weighted by atomic mass is 9.93. The van der Waals surface area contributed by atoms with Gasteiger partial charge in [-0.05, 0) is 49.4 Å². The summed E-state index contributed by atoms with van der Waals surface area (Å²) in [6.45, 7) is 2.39. The van der Waals surface area contributed by atoms with Crippen LogP contribution < -0.4 is 0 Å². The molecule has 0 aliphatic carbocycles. The van der Waals surface area contributed by atoms with Crippen molar-refractivity contribution in [1.29, 1.82) is 0 Å². The van der Waals surface area contributed by atoms with Crippen molar-refractivity contribution >= 4 is 17.5 Å². The fourth-order valence-corrected chi connectivity index (χ4v) is 4.08. The third-order valence-electron chi connectivity index (χ3n) is 5.05. The molecule has 1 unspecified atom stereocenters. The second-order valence-corrected chi connectivity index (χ2v) is 7.84. The Hall–Kier alpha value is -2.13. The van der Waals surface area contributed by atoms with E-state index in [1.807, 2.05) is 6.26 Å². The molecular weight excluding hydrogens is 387 g/mol. The Morgan fingerprint density at radius 3 is 2.71 bits per heavy atom. The number of piperidine rings is 1. The van der Waals surface area contributed by atoms with E-state index in [1.54, 1.807) is 11.8 Å². The van der Waals surface area contributed by atoms with Crippen LogP contribution in [0.2, 0.25) is 0 Å². The molecule has 1 fully saturated rings. The molecule has 1 atom stereocenters. The highest BCUT2D eigenvalue weighted by Crippen LogP contribution is 2.33. The molecule has 0 saturated carbocycles. The van der Waals surface area contributed by atoms with Crippen molar-refractivity contribution in [3.8, 4) is 0 Å². The number of alkyl halides is 3. The normalized spacial score (nSPS) is 18.6. The van der Waals surface area contributed by atoms with E-state index >= 15 is 0 Å². The topological polar surface area (TPSA) is 46.3 Å². The Morgan fingerprint density at radius 1 is 1.21 bits per heavy atom. The predicted molar refractivity (Wildman–Crippen MR) is 101 cm³/mol. The Labute approximate surface area is 165 Å². The number of halogens is 3. The highest BCUT2D eigenvalue weighted by atomic mass is 32.2. The van der Waals surface area contributed by atoms with Gasteiger partial charge in [-0.2, -0.15) is 27.8 Å². The lowest BCUT2D eigenvalue weighted by Gasteiger charge is -2.32. The van der Waals surface area contributed by atoms with E-state index in [0.717, 1.165) is 42.8 Å². The average molecular weight is 407 g/mol. The quantitative estimate of drug-likeness (QED) is 0.606. The van der Waals surface area contributed by atoms with Gasteiger partial charge in [0.05, 0.1) is 5.69 Å². The van der Waals surface area contributed by atoms with Crippen LogP contribution in [-0.4, -0.2) is 43.8 Å². The standard InChI is InChI=1S/C19H20F3N5S/c1-28-15-6-4-13(5-7-15)10-26-8-2-3-14(11-26)16-9-17(19(20,21)22)27-18(25-16)23-12-24-27/h4-7,9,12,14H,2-3,8,10-11H2,1H3. The minimum absolute atomic E-state index is 0.00500. The van der Waals surface area contributed by atoms with Gasteiger partial charge in [0.15, 0.2) is 5.69 Å². The van der Waals surface area contributed by atoms with Gasteiger partial charge >= 0.3 is 6.18 Å². The molecule has 3 heterocycles. The monoisotopic (exact) mass is 407 g/mol. The van der Waals surface area contributed by atoms with Crippen molar-refractivity contribution < 1.29 is 13.2 Å². The van der Waals surface area contributed by atoms with Crippen molar-refractivity contribution in [2.45, 2.75) is 36.4 Å². The van der Waals surface area contributed by atoms with Crippen LogP contribution in [-0.2, 0) is 12.7 Å². The van der Waals surface area contributed by atoms with E-state index in [2.05, 4.69) is 44.2 Å². The SMILES string of the molecule is CSc1ccc(CN2CCCC(c3cc(C(F)(F)F)n4ncnc4n3)C2)cc1. The summed E-state index contributed by atoms with van der Waals surface area (Å²) in [5.41, 5.74) is 0.820. The number of hydrogen-bond donors (Lipinski definition) is 0. The molecule has 3 aromatic rings. The zero-order valence-electron chi connectivity index (χ0n) is 15.4. The summed E-state index contributed by atoms with van der Waals surface area (Å²) in [6.07, 6.45) is 0.382. The minimum atomic E-state index is -4.50. The third kappa shape index (κ3) is 4.00. The van der Waals surface area contributed by atoms with E-state index in [0.29, 0.717) is 12.2 Å². The van der Waals surface area contributed by atoms with Crippen molar-refractivity contribution in [3.63, 3.8) is 0 Å². The van der Waals surface area contributed by atoms with Gasteiger partial charge in [0.2, 0.25) is 0 Å². The lowest BCUT2D eigenvalue weighted by Crippen LogP contribution is -2.34. The van der Waals surface area contributed by atoms with Crippen LogP contribution >= 0.6 is 11.8 Å². The predicted octanol–water partition coefficient (Wildman–Crippen LogP) is 4.24. The molecule has 148 valence electrons. The first-order chi connectivity index (χ1) is 13.4. The summed E-state index contributed by atoms with van der Waals surface area (Å²) < 4.78 is 41.1. The second kappa shape index (κ2) is 7.71. The van der Waals surface area contributed by atoms with Gasteiger partial charge in [0.1, 0.15) is 6.33 Å². The number of rotatable bonds is 4. The van der Waals surface area contributed by atoms with E-state index in [1.165, 1.54) is 10.5 Å². The molecule has 1 aliphatic rings. The summed E-state index contributed by atoms with van der Waals surface area (Å²) >= 11 is 1.70. The van der Waals surface area contributed by atoms with Crippen molar-refractivity contribution in [2.24, 2.45) is 0 Å². The number of thioether (sulfide) groups is 1. The third-order valence-corrected chi connectivity index (χ3v) is 5.79. The van der Waals surface area contributed by atoms with Crippen LogP contribution in [0.15, 0.2) is 41.6 Å². The number of likely N-dealkylation sites (tertiary alicyclic amines) is 1. The smallest absolute Gasteiger partial charge is 0.298 e. The summed E-state index contributed by atoms with van der Waals surface area (Å²) in [7, 11) is 0. The van der Waals surface area contributed by atoms with E-state index in [4.69, 9.17) is 0 Å². The molecule has 28 heavy (non-hydrogen) atoms. The van der Waals surface area contributed by atoms with Gasteiger partial charge in [0, 0.05) is 23.9 Å². The number of nitrogens with zero attached hydrogens (tertiary/aromatic N) is 5. The molecule has 0 bridgehead atoms. The maximum absolute atomic E-state index is 13.4. The average Bonchev–Trinajstić information content (AvgIpc) is 3.16. The molecule has 1 aromatic carbocycles. The Kier molecular flexibility index (Phi) is 5.29. The van der Waals surface area contributed by atoms with Gasteiger partial charge in [-0.1, -0.05) is 12.1 Å². The Balaban J connectivity index is 1.55. The van der Waals surface area contributed by atoms with Crippen LogP contribution in [0.3, 0.4) is 0 Å². The summed E-state index contributed by atoms with van der Waals surface area (Å²) in [4.78, 5) is 11.7. The molecule has 4 rings (SSSR count). The summed E-state index contributed by atoms with van der Waals surface area (Å²) in [5, 5.41) is 3.67. The van der Waals surface area contributed by atoms with E-state index < -0.39 is 11.9 Å². The zero-order chi connectivity index (χ0) is 19.7. The number of benzene rings is 1. The number of aromatic nitrogens is 4. The molecule has 5 nitrogen and oxygen atoms in total.